The number of aromatic nitrogens is 1. The molecule has 0 aromatic carbocycles. The Balaban J connectivity index is 2.00. The van der Waals surface area contributed by atoms with E-state index in [1.165, 1.54) is 0 Å². The minimum atomic E-state index is -0.698. The first-order valence-corrected chi connectivity index (χ1v) is 6.47. The quantitative estimate of drug-likeness (QED) is 0.595. The maximum Gasteiger partial charge on any atom is 0.133 e. The number of anilines is 1. The van der Waals surface area contributed by atoms with E-state index in [9.17, 15) is 10.2 Å². The fourth-order valence-electron chi connectivity index (χ4n) is 2.19. The van der Waals surface area contributed by atoms with Gasteiger partial charge in [-0.2, -0.15) is 0 Å². The number of nitrogens with one attached hydrogen (secondary N) is 1. The van der Waals surface area contributed by atoms with Crippen molar-refractivity contribution in [3.8, 4) is 0 Å². The number of β-amino-alcohol motifs (C(OH)–C–C–N with tert-alkyl or cyclic N) is 2. The molecule has 3 N–H and O–H groups in total. The average Bonchev–Trinajstić information content (AvgIpc) is 2.75. The average molecular weight is 267 g/mol. The Morgan fingerprint density at radius 3 is 2.84 bits per heavy atom. The van der Waals surface area contributed by atoms with E-state index >= 15 is 0 Å². The highest BCUT2D eigenvalue weighted by Crippen LogP contribution is 2.22. The molecule has 106 valence electrons. The second-order valence-corrected chi connectivity index (χ2v) is 4.70. The lowest BCUT2D eigenvalue weighted by Crippen LogP contribution is -2.26. The normalized spacial score (nSPS) is 23.0. The van der Waals surface area contributed by atoms with Crippen LogP contribution in [-0.2, 0) is 11.3 Å². The van der Waals surface area contributed by atoms with Crippen LogP contribution in [0.25, 0.3) is 0 Å². The molecule has 1 fully saturated rings. The molecule has 2 rings (SSSR count). The zero-order valence-corrected chi connectivity index (χ0v) is 11.1. The summed E-state index contributed by atoms with van der Waals surface area (Å²) in [5.41, 5.74) is 1.06. The number of aliphatic hydroxyl groups is 2. The van der Waals surface area contributed by atoms with Crippen molar-refractivity contribution in [2.24, 2.45) is 0 Å². The standard InChI is InChI=1S/C13H21N3O3/c1-19-6-5-14-7-10-3-2-4-15-13(10)16-8-11(17)12(18)9-16/h2-4,11-12,14,17-18H,5-9H2,1H3. The van der Waals surface area contributed by atoms with Gasteiger partial charge in [0, 0.05) is 45.0 Å². The Kier molecular flexibility index (Phi) is 5.09. The molecular formula is C13H21N3O3. The topological polar surface area (TPSA) is 77.9 Å². The Morgan fingerprint density at radius 1 is 1.42 bits per heavy atom. The van der Waals surface area contributed by atoms with Gasteiger partial charge in [-0.15, -0.1) is 0 Å². The van der Waals surface area contributed by atoms with Crippen LogP contribution >= 0.6 is 0 Å². The molecule has 2 atom stereocenters. The number of rotatable bonds is 6. The third kappa shape index (κ3) is 3.63. The highest BCUT2D eigenvalue weighted by Gasteiger charge is 2.31. The van der Waals surface area contributed by atoms with Crippen LogP contribution in [0.4, 0.5) is 5.82 Å². The molecule has 6 nitrogen and oxygen atoms in total. The van der Waals surface area contributed by atoms with Crippen molar-refractivity contribution in [1.82, 2.24) is 10.3 Å². The van der Waals surface area contributed by atoms with Crippen LogP contribution in [0.15, 0.2) is 18.3 Å². The Labute approximate surface area is 113 Å². The van der Waals surface area contributed by atoms with Gasteiger partial charge in [0.2, 0.25) is 0 Å². The van der Waals surface area contributed by atoms with Crippen LogP contribution < -0.4 is 10.2 Å². The first-order valence-electron chi connectivity index (χ1n) is 6.47. The summed E-state index contributed by atoms with van der Waals surface area (Å²) in [5, 5.41) is 22.5. The number of ether oxygens (including phenoxy) is 1. The highest BCUT2D eigenvalue weighted by molar-refractivity contribution is 5.48. The van der Waals surface area contributed by atoms with Crippen molar-refractivity contribution >= 4 is 5.82 Å². The molecule has 2 heterocycles. The van der Waals surface area contributed by atoms with Crippen LogP contribution in [0.5, 0.6) is 0 Å². The van der Waals surface area contributed by atoms with Crippen molar-refractivity contribution in [3.63, 3.8) is 0 Å². The number of aliphatic hydroxyl groups excluding tert-OH is 2. The minimum Gasteiger partial charge on any atom is -0.389 e. The molecule has 1 saturated heterocycles. The van der Waals surface area contributed by atoms with Crippen molar-refractivity contribution < 1.29 is 14.9 Å². The number of nitrogens with zero attached hydrogens (tertiary/aromatic N) is 2. The first kappa shape index (κ1) is 14.2. The molecule has 0 saturated carbocycles. The van der Waals surface area contributed by atoms with Crippen LogP contribution in [0.2, 0.25) is 0 Å². The summed E-state index contributed by atoms with van der Waals surface area (Å²) in [7, 11) is 1.67. The second kappa shape index (κ2) is 6.81. The molecule has 1 aliphatic rings. The third-order valence-electron chi connectivity index (χ3n) is 3.22. The molecule has 2 unspecified atom stereocenters. The van der Waals surface area contributed by atoms with Gasteiger partial charge in [0.25, 0.3) is 0 Å². The summed E-state index contributed by atoms with van der Waals surface area (Å²) >= 11 is 0. The number of methoxy groups -OCH3 is 1. The van der Waals surface area contributed by atoms with E-state index in [1.807, 2.05) is 17.0 Å². The van der Waals surface area contributed by atoms with E-state index in [2.05, 4.69) is 10.3 Å². The summed E-state index contributed by atoms with van der Waals surface area (Å²) in [6.45, 7) is 2.97. The molecule has 0 aliphatic carbocycles. The Hall–Kier alpha value is -1.21. The summed E-state index contributed by atoms with van der Waals surface area (Å²) < 4.78 is 4.98. The van der Waals surface area contributed by atoms with Gasteiger partial charge in [-0.25, -0.2) is 4.98 Å². The molecule has 1 aromatic rings. The van der Waals surface area contributed by atoms with Crippen LogP contribution in [0, 0.1) is 0 Å². The second-order valence-electron chi connectivity index (χ2n) is 4.70. The predicted octanol–water partition coefficient (Wildman–Crippen LogP) is -0.641. The predicted molar refractivity (Wildman–Crippen MR) is 72.0 cm³/mol. The molecule has 6 heteroatoms. The van der Waals surface area contributed by atoms with Crippen LogP contribution in [0.1, 0.15) is 5.56 Å². The molecule has 0 bridgehead atoms. The molecule has 19 heavy (non-hydrogen) atoms. The maximum absolute atomic E-state index is 9.61. The van der Waals surface area contributed by atoms with Gasteiger partial charge >= 0.3 is 0 Å². The van der Waals surface area contributed by atoms with Gasteiger partial charge in [-0.3, -0.25) is 0 Å². The molecule has 0 radical (unpaired) electrons. The van der Waals surface area contributed by atoms with Gasteiger partial charge in [0.05, 0.1) is 18.8 Å². The Morgan fingerprint density at radius 2 is 2.16 bits per heavy atom. The third-order valence-corrected chi connectivity index (χ3v) is 3.22. The van der Waals surface area contributed by atoms with Gasteiger partial charge in [-0.05, 0) is 6.07 Å². The fourth-order valence-corrected chi connectivity index (χ4v) is 2.19. The number of pyridine rings is 1. The van der Waals surface area contributed by atoms with E-state index in [1.54, 1.807) is 13.3 Å². The maximum atomic E-state index is 9.61. The Bertz CT molecular complexity index is 392. The smallest absolute Gasteiger partial charge is 0.133 e. The summed E-state index contributed by atoms with van der Waals surface area (Å²) in [4.78, 5) is 6.28. The van der Waals surface area contributed by atoms with E-state index in [4.69, 9.17) is 4.74 Å². The molecule has 0 amide bonds. The van der Waals surface area contributed by atoms with Crippen molar-refractivity contribution in [1.29, 1.82) is 0 Å². The van der Waals surface area contributed by atoms with E-state index in [-0.39, 0.29) is 0 Å². The van der Waals surface area contributed by atoms with Crippen molar-refractivity contribution in [2.75, 3.05) is 38.3 Å². The lowest BCUT2D eigenvalue weighted by atomic mass is 10.2. The SMILES string of the molecule is COCCNCc1cccnc1N1CC(O)C(O)C1. The van der Waals surface area contributed by atoms with Gasteiger partial charge < -0.3 is 25.2 Å². The largest absolute Gasteiger partial charge is 0.389 e. The van der Waals surface area contributed by atoms with E-state index in [0.717, 1.165) is 17.9 Å². The van der Waals surface area contributed by atoms with Crippen LogP contribution in [0.3, 0.4) is 0 Å². The van der Waals surface area contributed by atoms with E-state index in [0.29, 0.717) is 26.2 Å². The zero-order valence-electron chi connectivity index (χ0n) is 11.1. The monoisotopic (exact) mass is 267 g/mol. The number of hydrogen-bond acceptors (Lipinski definition) is 6. The van der Waals surface area contributed by atoms with Gasteiger partial charge in [0.1, 0.15) is 5.82 Å². The van der Waals surface area contributed by atoms with Gasteiger partial charge in [-0.1, -0.05) is 6.07 Å². The lowest BCUT2D eigenvalue weighted by Gasteiger charge is -2.20. The first-order chi connectivity index (χ1) is 9.22. The fraction of sp³-hybridized carbons (Fsp3) is 0.615. The van der Waals surface area contributed by atoms with Crippen molar-refractivity contribution in [3.05, 3.63) is 23.9 Å². The number of hydrogen-bond donors (Lipinski definition) is 3. The minimum absolute atomic E-state index is 0.420. The van der Waals surface area contributed by atoms with Crippen LogP contribution in [-0.4, -0.2) is 60.8 Å². The molecule has 1 aromatic heterocycles. The zero-order chi connectivity index (χ0) is 13.7. The van der Waals surface area contributed by atoms with Gasteiger partial charge in [0.15, 0.2) is 0 Å². The van der Waals surface area contributed by atoms with Crippen molar-refractivity contribution in [2.45, 2.75) is 18.8 Å². The van der Waals surface area contributed by atoms with E-state index < -0.39 is 12.2 Å². The molecule has 0 spiro atoms. The summed E-state index contributed by atoms with van der Waals surface area (Å²) in [6.07, 6.45) is 0.332. The molecular weight excluding hydrogens is 246 g/mol. The summed E-state index contributed by atoms with van der Waals surface area (Å²) in [5.74, 6) is 0.822. The molecule has 1 aliphatic heterocycles. The summed E-state index contributed by atoms with van der Waals surface area (Å²) in [6, 6.07) is 3.89. The highest BCUT2D eigenvalue weighted by atomic mass is 16.5. The lowest BCUT2D eigenvalue weighted by molar-refractivity contribution is 0.0572.